The third-order valence-corrected chi connectivity index (χ3v) is 13.3. The van der Waals surface area contributed by atoms with Crippen molar-refractivity contribution in [3.8, 4) is 0 Å². The molecule has 0 N–H and O–H groups in total. The van der Waals surface area contributed by atoms with Gasteiger partial charge in [0, 0.05) is 36.7 Å². The second-order valence-electron chi connectivity index (χ2n) is 8.05. The second kappa shape index (κ2) is 13.6. The zero-order valence-corrected chi connectivity index (χ0v) is 21.7. The van der Waals surface area contributed by atoms with Crippen LogP contribution in [-0.4, -0.2) is 55.1 Å². The minimum atomic E-state index is 0.702. The average molecular weight is 495 g/mol. The first-order chi connectivity index (χ1) is 13.7. The number of rotatable bonds is 4. The molecule has 2 saturated heterocycles. The second-order valence-corrected chi connectivity index (χ2v) is 14.2. The van der Waals surface area contributed by atoms with Gasteiger partial charge in [-0.2, -0.15) is 0 Å². The van der Waals surface area contributed by atoms with Crippen LogP contribution in [0.1, 0.15) is 77.0 Å². The van der Waals surface area contributed by atoms with Crippen LogP contribution in [0.5, 0.6) is 0 Å². The van der Waals surface area contributed by atoms with Crippen molar-refractivity contribution in [3.63, 3.8) is 0 Å². The molecule has 28 heavy (non-hydrogen) atoms. The molecule has 3 rings (SSSR count). The first-order valence-electron chi connectivity index (χ1n) is 11.0. The maximum Gasteiger partial charge on any atom is 0.147 e. The minimum absolute atomic E-state index is 0.702. The molecule has 2 unspecified atom stereocenters. The van der Waals surface area contributed by atoms with E-state index in [-0.39, 0.29) is 0 Å². The van der Waals surface area contributed by atoms with Crippen LogP contribution in [-0.2, 0) is 0 Å². The van der Waals surface area contributed by atoms with Gasteiger partial charge in [-0.25, -0.2) is 0 Å². The maximum atomic E-state index is 5.77. The molecule has 160 valence electrons. The Balaban J connectivity index is 1.42. The summed E-state index contributed by atoms with van der Waals surface area (Å²) in [5.41, 5.74) is 0. The zero-order chi connectivity index (χ0) is 19.6. The third-order valence-electron chi connectivity index (χ3n) is 5.86. The molecule has 3 aliphatic rings. The SMILES string of the molecule is S=C(SSC1CCCCC1SSC(=S)N1CCCCCC1)N1CCCCCC1. The van der Waals surface area contributed by atoms with E-state index in [2.05, 4.69) is 9.80 Å². The predicted molar refractivity (Wildman–Crippen MR) is 142 cm³/mol. The van der Waals surface area contributed by atoms with Crippen molar-refractivity contribution in [1.29, 1.82) is 0 Å². The van der Waals surface area contributed by atoms with Gasteiger partial charge in [0.15, 0.2) is 0 Å². The monoisotopic (exact) mass is 494 g/mol. The van der Waals surface area contributed by atoms with Crippen molar-refractivity contribution in [2.45, 2.75) is 87.5 Å². The van der Waals surface area contributed by atoms with Gasteiger partial charge in [0.2, 0.25) is 0 Å². The molecule has 1 aliphatic carbocycles. The molecule has 0 spiro atoms. The molecule has 0 bridgehead atoms. The fourth-order valence-corrected chi connectivity index (χ4v) is 11.2. The molecular weight excluding hydrogens is 461 g/mol. The van der Waals surface area contributed by atoms with Gasteiger partial charge in [-0.05, 0) is 60.1 Å². The average Bonchev–Trinajstić information content (AvgIpc) is 3.16. The largest absolute Gasteiger partial charge is 0.357 e. The standard InChI is InChI=1S/C20H34N2S6/c23-19(21-13-7-1-2-8-14-21)27-25-17-11-5-6-12-18(17)26-28-20(24)22-15-9-3-4-10-16-22/h17-18H,1-16H2. The Morgan fingerprint density at radius 2 is 0.893 bits per heavy atom. The Morgan fingerprint density at radius 3 is 1.25 bits per heavy atom. The highest BCUT2D eigenvalue weighted by Gasteiger charge is 2.29. The van der Waals surface area contributed by atoms with Crippen LogP contribution in [0.2, 0.25) is 0 Å². The summed E-state index contributed by atoms with van der Waals surface area (Å²) in [5.74, 6) is 0. The summed E-state index contributed by atoms with van der Waals surface area (Å²) < 4.78 is 2.24. The van der Waals surface area contributed by atoms with Gasteiger partial charge >= 0.3 is 0 Å². The lowest BCUT2D eigenvalue weighted by atomic mass is 10.00. The summed E-state index contributed by atoms with van der Waals surface area (Å²) in [6.07, 6.45) is 16.1. The van der Waals surface area contributed by atoms with E-state index in [1.54, 1.807) is 0 Å². The van der Waals surface area contributed by atoms with Crippen molar-refractivity contribution in [2.24, 2.45) is 0 Å². The van der Waals surface area contributed by atoms with Gasteiger partial charge in [-0.15, -0.1) is 0 Å². The van der Waals surface area contributed by atoms with Crippen molar-refractivity contribution in [3.05, 3.63) is 0 Å². The highest BCUT2D eigenvalue weighted by molar-refractivity contribution is 8.85. The van der Waals surface area contributed by atoms with Crippen molar-refractivity contribution in [2.75, 3.05) is 26.2 Å². The third kappa shape index (κ3) is 8.03. The molecule has 0 aromatic rings. The van der Waals surface area contributed by atoms with Crippen molar-refractivity contribution in [1.82, 2.24) is 9.80 Å². The molecule has 2 heterocycles. The van der Waals surface area contributed by atoms with Gasteiger partial charge in [-0.3, -0.25) is 0 Å². The fourth-order valence-electron chi connectivity index (χ4n) is 4.10. The molecule has 0 aromatic heterocycles. The molecule has 0 amide bonds. The summed E-state index contributed by atoms with van der Waals surface area (Å²) in [7, 11) is 7.85. The molecular formula is C20H34N2S6. The Morgan fingerprint density at radius 1 is 0.536 bits per heavy atom. The van der Waals surface area contributed by atoms with Crippen LogP contribution in [0.15, 0.2) is 0 Å². The van der Waals surface area contributed by atoms with E-state index in [1.807, 2.05) is 43.2 Å². The molecule has 0 aromatic carbocycles. The Labute approximate surface area is 198 Å². The normalized spacial score (nSPS) is 27.1. The Hall–Kier alpha value is 1.18. The summed E-state index contributed by atoms with van der Waals surface area (Å²) in [6, 6.07) is 0. The number of likely N-dealkylation sites (tertiary alicyclic amines) is 2. The van der Waals surface area contributed by atoms with E-state index in [0.29, 0.717) is 10.5 Å². The van der Waals surface area contributed by atoms with Gasteiger partial charge in [0.25, 0.3) is 0 Å². The topological polar surface area (TPSA) is 6.48 Å². The van der Waals surface area contributed by atoms with Crippen LogP contribution in [0, 0.1) is 0 Å². The van der Waals surface area contributed by atoms with E-state index >= 15 is 0 Å². The highest BCUT2D eigenvalue weighted by atomic mass is 33.1. The number of thiocarbonyl (C=S) groups is 2. The lowest BCUT2D eigenvalue weighted by Crippen LogP contribution is -2.29. The highest BCUT2D eigenvalue weighted by Crippen LogP contribution is 2.46. The molecule has 1 saturated carbocycles. The summed E-state index contributed by atoms with van der Waals surface area (Å²) in [5, 5.41) is 1.40. The van der Waals surface area contributed by atoms with E-state index in [0.717, 1.165) is 34.8 Å². The summed E-state index contributed by atoms with van der Waals surface area (Å²) in [6.45, 7) is 4.65. The van der Waals surface area contributed by atoms with Gasteiger partial charge in [-0.1, -0.05) is 84.5 Å². The van der Waals surface area contributed by atoms with E-state index in [9.17, 15) is 0 Å². The van der Waals surface area contributed by atoms with E-state index in [4.69, 9.17) is 24.4 Å². The van der Waals surface area contributed by atoms with Gasteiger partial charge < -0.3 is 9.80 Å². The van der Waals surface area contributed by atoms with Crippen LogP contribution in [0.3, 0.4) is 0 Å². The molecule has 2 atom stereocenters. The number of nitrogens with zero attached hydrogens (tertiary/aromatic N) is 2. The van der Waals surface area contributed by atoms with E-state index < -0.39 is 0 Å². The first-order valence-corrected chi connectivity index (χ1v) is 16.2. The van der Waals surface area contributed by atoms with Crippen LogP contribution < -0.4 is 0 Å². The Bertz CT molecular complexity index is 443. The van der Waals surface area contributed by atoms with Crippen molar-refractivity contribution >= 4 is 76.3 Å². The molecule has 8 heteroatoms. The fraction of sp³-hybridized carbons (Fsp3) is 0.900. The summed E-state index contributed by atoms with van der Waals surface area (Å²) >= 11 is 11.5. The summed E-state index contributed by atoms with van der Waals surface area (Å²) in [4.78, 5) is 4.91. The Kier molecular flexibility index (Phi) is 11.5. The van der Waals surface area contributed by atoms with Crippen LogP contribution in [0.4, 0.5) is 0 Å². The smallest absolute Gasteiger partial charge is 0.147 e. The number of hydrogen-bond donors (Lipinski definition) is 0. The quantitative estimate of drug-likeness (QED) is 0.291. The lowest BCUT2D eigenvalue weighted by molar-refractivity contribution is 0.450. The van der Waals surface area contributed by atoms with Gasteiger partial charge in [0.05, 0.1) is 0 Å². The minimum Gasteiger partial charge on any atom is -0.357 e. The van der Waals surface area contributed by atoms with Crippen LogP contribution >= 0.6 is 67.6 Å². The predicted octanol–water partition coefficient (Wildman–Crippen LogP) is 7.38. The van der Waals surface area contributed by atoms with Gasteiger partial charge in [0.1, 0.15) is 8.64 Å². The molecule has 3 fully saturated rings. The molecule has 2 aliphatic heterocycles. The first kappa shape index (κ1) is 23.8. The maximum absolute atomic E-state index is 5.77. The van der Waals surface area contributed by atoms with Crippen molar-refractivity contribution < 1.29 is 0 Å². The lowest BCUT2D eigenvalue weighted by Gasteiger charge is -2.31. The van der Waals surface area contributed by atoms with Crippen LogP contribution in [0.25, 0.3) is 0 Å². The van der Waals surface area contributed by atoms with E-state index in [1.165, 1.54) is 77.0 Å². The number of hydrogen-bond acceptors (Lipinski definition) is 6. The molecule has 0 radical (unpaired) electrons. The zero-order valence-electron chi connectivity index (χ0n) is 16.8. The molecule has 2 nitrogen and oxygen atoms in total.